The monoisotopic (exact) mass is 430 g/mol. The fourth-order valence-electron chi connectivity index (χ4n) is 2.42. The second-order valence-electron chi connectivity index (χ2n) is 5.57. The molecule has 13 heteroatoms. The summed E-state index contributed by atoms with van der Waals surface area (Å²) in [5.41, 5.74) is 0.217. The molecular weight excluding hydrogens is 417 g/mol. The van der Waals surface area contributed by atoms with Crippen LogP contribution in [0, 0.1) is 0 Å². The number of ether oxygens (including phenoxy) is 2. The summed E-state index contributed by atoms with van der Waals surface area (Å²) in [7, 11) is -1.79. The van der Waals surface area contributed by atoms with E-state index in [1.165, 1.54) is 32.4 Å². The molecule has 0 saturated heterocycles. The van der Waals surface area contributed by atoms with Gasteiger partial charge in [-0.2, -0.15) is 21.6 Å². The van der Waals surface area contributed by atoms with Gasteiger partial charge < -0.3 is 9.47 Å². The molecule has 0 amide bonds. The maximum Gasteiger partial charge on any atom is 0.453 e. The maximum atomic E-state index is 13.2. The summed E-state index contributed by atoms with van der Waals surface area (Å²) in [6, 6.07) is 6.43. The summed E-state index contributed by atoms with van der Waals surface area (Å²) in [6.45, 7) is 0. The number of benzene rings is 1. The Morgan fingerprint density at radius 3 is 2.28 bits per heavy atom. The lowest BCUT2D eigenvalue weighted by Crippen LogP contribution is -2.09. The summed E-state index contributed by atoms with van der Waals surface area (Å²) >= 11 is 0. The van der Waals surface area contributed by atoms with Gasteiger partial charge in [-0.05, 0) is 30.3 Å². The molecule has 0 aliphatic carbocycles. The number of nitrogens with zero attached hydrogens (tertiary/aromatic N) is 4. The molecule has 0 atom stereocenters. The minimum Gasteiger partial charge on any atom is -0.493 e. The first-order valence-electron chi connectivity index (χ1n) is 7.75. The summed E-state index contributed by atoms with van der Waals surface area (Å²) in [5, 5.41) is 2.81. The first kappa shape index (κ1) is 20.5. The van der Waals surface area contributed by atoms with Crippen molar-refractivity contribution in [3.63, 3.8) is 0 Å². The van der Waals surface area contributed by atoms with Gasteiger partial charge in [-0.3, -0.25) is 4.55 Å². The fourth-order valence-corrected chi connectivity index (χ4v) is 2.85. The number of hydrogen-bond acceptors (Lipinski definition) is 7. The zero-order chi connectivity index (χ0) is 21.4. The minimum absolute atomic E-state index is 0.00909. The highest BCUT2D eigenvalue weighted by atomic mass is 32.2. The average molecular weight is 430 g/mol. The van der Waals surface area contributed by atoms with E-state index in [-0.39, 0.29) is 22.8 Å². The SMILES string of the molecule is COc1ccc(-c2nc(C(F)(F)F)nn2-c2ccc(S(=O)(=O)O)nc2)cc1OC. The van der Waals surface area contributed by atoms with E-state index in [1.54, 1.807) is 0 Å². The number of hydrogen-bond donors (Lipinski definition) is 1. The molecule has 0 unspecified atom stereocenters. The van der Waals surface area contributed by atoms with Crippen molar-refractivity contribution in [2.45, 2.75) is 11.2 Å². The normalized spacial score (nSPS) is 12.1. The third-order valence-corrected chi connectivity index (χ3v) is 4.50. The molecule has 3 aromatic rings. The Morgan fingerprint density at radius 2 is 1.76 bits per heavy atom. The van der Waals surface area contributed by atoms with Crippen molar-refractivity contribution in [3.8, 4) is 28.6 Å². The molecule has 9 nitrogen and oxygen atoms in total. The van der Waals surface area contributed by atoms with Gasteiger partial charge in [-0.15, -0.1) is 5.10 Å². The molecule has 3 rings (SSSR count). The number of rotatable bonds is 5. The predicted molar refractivity (Wildman–Crippen MR) is 92.5 cm³/mol. The highest BCUT2D eigenvalue weighted by Crippen LogP contribution is 2.34. The molecule has 29 heavy (non-hydrogen) atoms. The molecule has 0 bridgehead atoms. The third-order valence-electron chi connectivity index (χ3n) is 3.73. The van der Waals surface area contributed by atoms with E-state index in [0.29, 0.717) is 5.75 Å². The van der Waals surface area contributed by atoms with E-state index >= 15 is 0 Å². The van der Waals surface area contributed by atoms with Crippen LogP contribution in [0.5, 0.6) is 11.5 Å². The average Bonchev–Trinajstić information content (AvgIpc) is 3.12. The van der Waals surface area contributed by atoms with Gasteiger partial charge in [0.2, 0.25) is 0 Å². The van der Waals surface area contributed by atoms with Crippen LogP contribution in [0.4, 0.5) is 13.2 Å². The van der Waals surface area contributed by atoms with Crippen molar-refractivity contribution >= 4 is 10.1 Å². The molecule has 0 radical (unpaired) electrons. The van der Waals surface area contributed by atoms with Crippen molar-refractivity contribution in [2.75, 3.05) is 14.2 Å². The first-order valence-corrected chi connectivity index (χ1v) is 9.19. The number of alkyl halides is 3. The first-order chi connectivity index (χ1) is 13.5. The van der Waals surface area contributed by atoms with Gasteiger partial charge in [0.1, 0.15) is 0 Å². The lowest BCUT2D eigenvalue weighted by molar-refractivity contribution is -0.144. The molecule has 2 heterocycles. The van der Waals surface area contributed by atoms with Crippen LogP contribution in [0.15, 0.2) is 41.6 Å². The van der Waals surface area contributed by atoms with Crippen molar-refractivity contribution in [1.82, 2.24) is 19.7 Å². The Labute approximate surface area is 162 Å². The van der Waals surface area contributed by atoms with E-state index in [4.69, 9.17) is 14.0 Å². The van der Waals surface area contributed by atoms with Gasteiger partial charge in [0, 0.05) is 5.56 Å². The molecule has 0 fully saturated rings. The summed E-state index contributed by atoms with van der Waals surface area (Å²) < 4.78 is 81.9. The smallest absolute Gasteiger partial charge is 0.453 e. The summed E-state index contributed by atoms with van der Waals surface area (Å²) in [5.74, 6) is -0.980. The number of halogens is 3. The van der Waals surface area contributed by atoms with E-state index in [2.05, 4.69) is 15.1 Å². The van der Waals surface area contributed by atoms with Gasteiger partial charge >= 0.3 is 16.3 Å². The molecule has 154 valence electrons. The molecule has 2 aromatic heterocycles. The maximum absolute atomic E-state index is 13.2. The van der Waals surface area contributed by atoms with Crippen LogP contribution in [0.1, 0.15) is 5.82 Å². The van der Waals surface area contributed by atoms with E-state index in [9.17, 15) is 21.6 Å². The standard InChI is InChI=1S/C16H13F3N4O5S/c1-27-11-5-3-9(7-12(11)28-2)14-21-15(16(17,18)19)22-23(14)10-4-6-13(20-8-10)29(24,25)26/h3-8H,1-2H3,(H,24,25,26). The highest BCUT2D eigenvalue weighted by molar-refractivity contribution is 7.85. The van der Waals surface area contributed by atoms with E-state index in [1.807, 2.05) is 0 Å². The molecular formula is C16H13F3N4O5S. The van der Waals surface area contributed by atoms with Crippen molar-refractivity contribution in [2.24, 2.45) is 0 Å². The Kier molecular flexibility index (Phi) is 5.19. The molecule has 0 aliphatic heterocycles. The Hall–Kier alpha value is -3.19. The largest absolute Gasteiger partial charge is 0.493 e. The lowest BCUT2D eigenvalue weighted by atomic mass is 10.2. The van der Waals surface area contributed by atoms with Gasteiger partial charge in [-0.1, -0.05) is 0 Å². The number of methoxy groups -OCH3 is 2. The predicted octanol–water partition coefficient (Wildman–Crippen LogP) is 2.61. The second-order valence-corrected chi connectivity index (χ2v) is 6.94. The van der Waals surface area contributed by atoms with E-state index < -0.39 is 27.1 Å². The lowest BCUT2D eigenvalue weighted by Gasteiger charge is -2.10. The van der Waals surface area contributed by atoms with Crippen molar-refractivity contribution in [1.29, 1.82) is 0 Å². The van der Waals surface area contributed by atoms with E-state index in [0.717, 1.165) is 23.0 Å². The zero-order valence-corrected chi connectivity index (χ0v) is 15.7. The van der Waals surface area contributed by atoms with Crippen LogP contribution in [0.3, 0.4) is 0 Å². The second kappa shape index (κ2) is 7.33. The van der Waals surface area contributed by atoms with Crippen LogP contribution in [-0.4, -0.2) is 46.9 Å². The van der Waals surface area contributed by atoms with Gasteiger partial charge in [0.05, 0.1) is 26.1 Å². The van der Waals surface area contributed by atoms with Gasteiger partial charge in [0.15, 0.2) is 22.3 Å². The fraction of sp³-hybridized carbons (Fsp3) is 0.188. The molecule has 1 N–H and O–H groups in total. The number of pyridine rings is 1. The van der Waals surface area contributed by atoms with Crippen molar-refractivity contribution in [3.05, 3.63) is 42.4 Å². The van der Waals surface area contributed by atoms with Crippen LogP contribution < -0.4 is 9.47 Å². The van der Waals surface area contributed by atoms with Gasteiger partial charge in [-0.25, -0.2) is 14.6 Å². The van der Waals surface area contributed by atoms with Crippen LogP contribution in [0.25, 0.3) is 17.1 Å². The quantitative estimate of drug-likeness (QED) is 0.614. The minimum atomic E-state index is -4.82. The molecule has 0 spiro atoms. The Balaban J connectivity index is 2.19. The summed E-state index contributed by atoms with van der Waals surface area (Å²) in [6.07, 6.45) is -3.87. The highest BCUT2D eigenvalue weighted by Gasteiger charge is 2.37. The number of aromatic nitrogens is 4. The Morgan fingerprint density at radius 1 is 1.07 bits per heavy atom. The van der Waals surface area contributed by atoms with Crippen molar-refractivity contribution < 1.29 is 35.6 Å². The third kappa shape index (κ3) is 4.14. The van der Waals surface area contributed by atoms with Gasteiger partial charge in [0.25, 0.3) is 5.82 Å². The van der Waals surface area contributed by atoms with Crippen LogP contribution >= 0.6 is 0 Å². The summed E-state index contributed by atoms with van der Waals surface area (Å²) in [4.78, 5) is 7.11. The topological polar surface area (TPSA) is 116 Å². The Bertz CT molecular complexity index is 1140. The molecule has 0 aliphatic rings. The molecule has 0 saturated carbocycles. The van der Waals surface area contributed by atoms with Crippen LogP contribution in [0.2, 0.25) is 0 Å². The zero-order valence-electron chi connectivity index (χ0n) is 14.9. The molecule has 1 aromatic carbocycles. The van der Waals surface area contributed by atoms with Crippen LogP contribution in [-0.2, 0) is 16.3 Å².